The van der Waals surface area contributed by atoms with E-state index in [0.29, 0.717) is 57.3 Å². The van der Waals surface area contributed by atoms with E-state index in [9.17, 15) is 13.2 Å². The molecule has 2 aromatic rings. The van der Waals surface area contributed by atoms with E-state index < -0.39 is 10.0 Å². The Kier molecular flexibility index (Phi) is 7.28. The molecule has 1 aromatic heterocycles. The predicted molar refractivity (Wildman–Crippen MR) is 139 cm³/mol. The number of amides is 1. The molecule has 0 aliphatic carbocycles. The van der Waals surface area contributed by atoms with Crippen LogP contribution in [0.1, 0.15) is 55.2 Å². The monoisotopic (exact) mass is 513 g/mol. The molecule has 0 saturated carbocycles. The number of carbonyl (C=O) groups excluding carboxylic acids is 1. The number of nitrogens with one attached hydrogen (secondary N) is 1. The van der Waals surface area contributed by atoms with Crippen molar-refractivity contribution >= 4 is 27.7 Å². The number of aryl methyl sites for hydroxylation is 1. The molecule has 0 spiro atoms. The van der Waals surface area contributed by atoms with Crippen LogP contribution in [0.25, 0.3) is 0 Å². The number of carbonyl (C=O) groups is 1. The Morgan fingerprint density at radius 2 is 1.83 bits per heavy atom. The minimum absolute atomic E-state index is 0.0436. The van der Waals surface area contributed by atoms with Crippen LogP contribution in [-0.2, 0) is 26.0 Å². The Labute approximate surface area is 213 Å². The highest BCUT2D eigenvalue weighted by Gasteiger charge is 2.40. The van der Waals surface area contributed by atoms with E-state index in [1.54, 1.807) is 11.2 Å². The molecule has 9 nitrogen and oxygen atoms in total. The van der Waals surface area contributed by atoms with Gasteiger partial charge in [0.1, 0.15) is 5.82 Å². The minimum atomic E-state index is -3.17. The number of hydrogen-bond acceptors (Lipinski definition) is 7. The van der Waals surface area contributed by atoms with Crippen LogP contribution in [0.4, 0.5) is 11.8 Å². The second-order valence-corrected chi connectivity index (χ2v) is 12.2. The quantitative estimate of drug-likeness (QED) is 0.633. The first-order chi connectivity index (χ1) is 17.4. The lowest BCUT2D eigenvalue weighted by Crippen LogP contribution is -2.49. The van der Waals surface area contributed by atoms with Gasteiger partial charge < -0.3 is 10.1 Å². The molecule has 1 atom stereocenters. The van der Waals surface area contributed by atoms with Gasteiger partial charge in [0, 0.05) is 50.1 Å². The molecule has 2 saturated heterocycles. The van der Waals surface area contributed by atoms with E-state index in [-0.39, 0.29) is 29.7 Å². The lowest BCUT2D eigenvalue weighted by molar-refractivity contribution is -0.121. The Bertz CT molecular complexity index is 1210. The molecule has 36 heavy (non-hydrogen) atoms. The Balaban J connectivity index is 1.40. The topological polar surface area (TPSA) is 105 Å². The van der Waals surface area contributed by atoms with Crippen LogP contribution in [-0.4, -0.2) is 72.7 Å². The number of hydrogen-bond donors (Lipinski definition) is 1. The van der Waals surface area contributed by atoms with E-state index in [1.165, 1.54) is 0 Å². The normalized spacial score (nSPS) is 22.4. The van der Waals surface area contributed by atoms with Gasteiger partial charge in [-0.15, -0.1) is 0 Å². The fourth-order valence-corrected chi connectivity index (χ4v) is 6.69. The molecular weight excluding hydrogens is 478 g/mol. The van der Waals surface area contributed by atoms with Crippen molar-refractivity contribution in [1.29, 1.82) is 0 Å². The van der Waals surface area contributed by atoms with Crippen molar-refractivity contribution in [3.63, 3.8) is 0 Å². The molecule has 4 heterocycles. The van der Waals surface area contributed by atoms with E-state index in [4.69, 9.17) is 9.72 Å². The SMILES string of the molecule is CCS(=O)(=O)N1CCC(Nc2ncc3c(n2)N(C2CCOCC2)C(=O)C(c2ccccc2C)C3)CC1. The van der Waals surface area contributed by atoms with Gasteiger partial charge in [-0.2, -0.15) is 4.98 Å². The molecular formula is C26H35N5O4S. The molecule has 2 fully saturated rings. The summed E-state index contributed by atoms with van der Waals surface area (Å²) in [5.74, 6) is 1.14. The highest BCUT2D eigenvalue weighted by Crippen LogP contribution is 2.38. The number of ether oxygens (including phenoxy) is 1. The van der Waals surface area contributed by atoms with Gasteiger partial charge in [-0.3, -0.25) is 9.69 Å². The maximum absolute atomic E-state index is 13.9. The molecule has 0 radical (unpaired) electrons. The van der Waals surface area contributed by atoms with Gasteiger partial charge in [-0.1, -0.05) is 24.3 Å². The number of anilines is 2. The van der Waals surface area contributed by atoms with Crippen molar-refractivity contribution in [2.45, 2.75) is 64.0 Å². The first-order valence-electron chi connectivity index (χ1n) is 12.9. The second kappa shape index (κ2) is 10.4. The average molecular weight is 514 g/mol. The number of nitrogens with zero attached hydrogens (tertiary/aromatic N) is 4. The molecule has 0 bridgehead atoms. The van der Waals surface area contributed by atoms with Gasteiger partial charge in [-0.25, -0.2) is 17.7 Å². The van der Waals surface area contributed by atoms with Gasteiger partial charge in [-0.05, 0) is 57.1 Å². The zero-order valence-electron chi connectivity index (χ0n) is 21.0. The van der Waals surface area contributed by atoms with E-state index in [0.717, 1.165) is 29.5 Å². The van der Waals surface area contributed by atoms with Crippen molar-refractivity contribution in [2.75, 3.05) is 42.3 Å². The zero-order chi connectivity index (χ0) is 25.3. The van der Waals surface area contributed by atoms with Crippen LogP contribution in [0.15, 0.2) is 30.5 Å². The second-order valence-electron chi connectivity index (χ2n) is 9.93. The lowest BCUT2D eigenvalue weighted by atomic mass is 9.85. The number of fused-ring (bicyclic) bond motifs is 1. The largest absolute Gasteiger partial charge is 0.381 e. The maximum Gasteiger partial charge on any atom is 0.236 e. The third-order valence-electron chi connectivity index (χ3n) is 7.69. The molecule has 194 valence electrons. The Morgan fingerprint density at radius 3 is 2.53 bits per heavy atom. The molecule has 1 amide bonds. The zero-order valence-corrected chi connectivity index (χ0v) is 21.8. The molecule has 3 aliphatic rings. The Hall–Kier alpha value is -2.56. The first kappa shape index (κ1) is 25.1. The third-order valence-corrected chi connectivity index (χ3v) is 9.58. The number of piperidine rings is 1. The number of benzene rings is 1. The highest BCUT2D eigenvalue weighted by molar-refractivity contribution is 7.89. The smallest absolute Gasteiger partial charge is 0.236 e. The predicted octanol–water partition coefficient (Wildman–Crippen LogP) is 2.86. The maximum atomic E-state index is 13.9. The van der Waals surface area contributed by atoms with Crippen molar-refractivity contribution in [2.24, 2.45) is 0 Å². The van der Waals surface area contributed by atoms with Crippen LogP contribution < -0.4 is 10.2 Å². The van der Waals surface area contributed by atoms with E-state index >= 15 is 0 Å². The summed E-state index contributed by atoms with van der Waals surface area (Å²) < 4.78 is 31.5. The van der Waals surface area contributed by atoms with Gasteiger partial charge in [0.2, 0.25) is 21.9 Å². The molecule has 1 aromatic carbocycles. The van der Waals surface area contributed by atoms with Crippen molar-refractivity contribution in [1.82, 2.24) is 14.3 Å². The van der Waals surface area contributed by atoms with Gasteiger partial charge in [0.25, 0.3) is 0 Å². The summed E-state index contributed by atoms with van der Waals surface area (Å²) in [7, 11) is -3.17. The molecule has 1 unspecified atom stereocenters. The lowest BCUT2D eigenvalue weighted by Gasteiger charge is -2.40. The van der Waals surface area contributed by atoms with Gasteiger partial charge in [0.05, 0.1) is 11.7 Å². The summed E-state index contributed by atoms with van der Waals surface area (Å²) in [5.41, 5.74) is 3.15. The summed E-state index contributed by atoms with van der Waals surface area (Å²) in [4.78, 5) is 25.3. The number of aromatic nitrogens is 2. The van der Waals surface area contributed by atoms with Crippen LogP contribution >= 0.6 is 0 Å². The van der Waals surface area contributed by atoms with Crippen LogP contribution in [0.5, 0.6) is 0 Å². The Morgan fingerprint density at radius 1 is 1.11 bits per heavy atom. The molecule has 10 heteroatoms. The van der Waals surface area contributed by atoms with Gasteiger partial charge in [0.15, 0.2) is 0 Å². The summed E-state index contributed by atoms with van der Waals surface area (Å²) in [6, 6.07) is 8.22. The fraction of sp³-hybridized carbons (Fsp3) is 0.577. The number of sulfonamides is 1. The standard InChI is InChI=1S/C26H35N5O4S/c1-3-36(33,34)30-12-8-20(9-13-30)28-26-27-17-19-16-23(22-7-5-4-6-18(22)2)25(32)31(24(19)29-26)21-10-14-35-15-11-21/h4-7,17,20-21,23H,3,8-16H2,1-2H3,(H,27,28,29). The number of rotatable bonds is 6. The van der Waals surface area contributed by atoms with Crippen LogP contribution in [0, 0.1) is 6.92 Å². The van der Waals surface area contributed by atoms with Crippen molar-refractivity contribution < 1.29 is 17.9 Å². The summed E-state index contributed by atoms with van der Waals surface area (Å²) in [6.07, 6.45) is 5.37. The van der Waals surface area contributed by atoms with E-state index in [1.807, 2.05) is 29.3 Å². The average Bonchev–Trinajstić information content (AvgIpc) is 2.90. The highest BCUT2D eigenvalue weighted by atomic mass is 32.2. The van der Waals surface area contributed by atoms with E-state index in [2.05, 4.69) is 23.3 Å². The van der Waals surface area contributed by atoms with Crippen molar-refractivity contribution in [3.05, 3.63) is 47.2 Å². The molecule has 3 aliphatic heterocycles. The van der Waals surface area contributed by atoms with Gasteiger partial charge >= 0.3 is 0 Å². The first-order valence-corrected chi connectivity index (χ1v) is 14.5. The van der Waals surface area contributed by atoms with Crippen LogP contribution in [0.2, 0.25) is 0 Å². The van der Waals surface area contributed by atoms with Crippen molar-refractivity contribution in [3.8, 4) is 0 Å². The minimum Gasteiger partial charge on any atom is -0.381 e. The molecule has 5 rings (SSSR count). The summed E-state index contributed by atoms with van der Waals surface area (Å²) >= 11 is 0. The van der Waals surface area contributed by atoms with Crippen LogP contribution in [0.3, 0.4) is 0 Å². The molecule has 1 N–H and O–H groups in total. The fourth-order valence-electron chi connectivity index (χ4n) is 5.56. The third kappa shape index (κ3) is 4.99. The summed E-state index contributed by atoms with van der Waals surface area (Å²) in [6.45, 7) is 5.98. The summed E-state index contributed by atoms with van der Waals surface area (Å²) in [5, 5.41) is 3.40.